The first-order valence-electron chi connectivity index (χ1n) is 8.37. The molecule has 0 aliphatic carbocycles. The van der Waals surface area contributed by atoms with Gasteiger partial charge >= 0.3 is 0 Å². The highest BCUT2D eigenvalue weighted by atomic mass is 16.3. The van der Waals surface area contributed by atoms with Gasteiger partial charge in [-0.2, -0.15) is 0 Å². The predicted octanol–water partition coefficient (Wildman–Crippen LogP) is 2.53. The number of rotatable bonds is 4. The molecule has 1 saturated heterocycles. The molecule has 0 spiro atoms. The van der Waals surface area contributed by atoms with E-state index in [-0.39, 0.29) is 18.1 Å². The number of amides is 1. The maximum absolute atomic E-state index is 12.4. The molecular formula is C19H23N3O2. The summed E-state index contributed by atoms with van der Waals surface area (Å²) in [5.41, 5.74) is 2.78. The normalized spacial score (nSPS) is 16.7. The number of carbonyl (C=O) groups is 1. The quantitative estimate of drug-likeness (QED) is 0.906. The molecule has 5 heteroatoms. The minimum absolute atomic E-state index is 0.0660. The fourth-order valence-corrected chi connectivity index (χ4v) is 2.96. The third kappa shape index (κ3) is 3.92. The molecule has 0 saturated carbocycles. The molecule has 1 atom stereocenters. The van der Waals surface area contributed by atoms with E-state index in [9.17, 15) is 9.90 Å². The molecular weight excluding hydrogens is 302 g/mol. The van der Waals surface area contributed by atoms with Gasteiger partial charge in [0.1, 0.15) is 0 Å². The zero-order valence-electron chi connectivity index (χ0n) is 13.9. The lowest BCUT2D eigenvalue weighted by molar-refractivity contribution is 0.0940. The van der Waals surface area contributed by atoms with E-state index in [4.69, 9.17) is 0 Å². The average Bonchev–Trinajstić information content (AvgIpc) is 2.63. The van der Waals surface area contributed by atoms with Gasteiger partial charge in [0.25, 0.3) is 5.91 Å². The first-order chi connectivity index (χ1) is 11.6. The summed E-state index contributed by atoms with van der Waals surface area (Å²) in [5.74, 6) is -0.0834. The molecule has 1 fully saturated rings. The third-order valence-electron chi connectivity index (χ3n) is 4.51. The van der Waals surface area contributed by atoms with Crippen molar-refractivity contribution in [3.05, 3.63) is 59.9 Å². The first-order valence-corrected chi connectivity index (χ1v) is 8.37. The summed E-state index contributed by atoms with van der Waals surface area (Å²) < 4.78 is 0. The second-order valence-corrected chi connectivity index (χ2v) is 6.24. The molecule has 2 heterocycles. The highest BCUT2D eigenvalue weighted by Gasteiger charge is 2.17. The zero-order valence-corrected chi connectivity index (χ0v) is 13.9. The number of nitrogens with one attached hydrogen (secondary N) is 1. The van der Waals surface area contributed by atoms with Crippen molar-refractivity contribution in [1.82, 2.24) is 10.3 Å². The molecule has 1 aliphatic heterocycles. The number of nitrogens with zero attached hydrogens (tertiary/aromatic N) is 2. The fraction of sp³-hybridized carbons (Fsp3) is 0.368. The van der Waals surface area contributed by atoms with Gasteiger partial charge in [-0.05, 0) is 61.7 Å². The standard InChI is InChI=1S/C19H23N3O2/c1-14(15-6-10-20-11-7-15)21-19(24)16-2-4-17(5-3-16)22-12-8-18(23)9-13-22/h2-7,10-11,14,18,23H,8-9,12-13H2,1H3,(H,21,24). The maximum Gasteiger partial charge on any atom is 0.251 e. The number of anilines is 1. The van der Waals surface area contributed by atoms with Crippen LogP contribution in [0.3, 0.4) is 0 Å². The molecule has 2 aromatic rings. The first kappa shape index (κ1) is 16.5. The number of hydrogen-bond acceptors (Lipinski definition) is 4. The Balaban J connectivity index is 1.61. The maximum atomic E-state index is 12.4. The molecule has 1 aromatic carbocycles. The summed E-state index contributed by atoms with van der Waals surface area (Å²) in [7, 11) is 0. The molecule has 24 heavy (non-hydrogen) atoms. The van der Waals surface area contributed by atoms with Gasteiger partial charge < -0.3 is 15.3 Å². The van der Waals surface area contributed by atoms with Gasteiger partial charge in [-0.1, -0.05) is 0 Å². The Hall–Kier alpha value is -2.40. The molecule has 1 unspecified atom stereocenters. The Bertz CT molecular complexity index is 665. The van der Waals surface area contributed by atoms with Crippen LogP contribution in [0, 0.1) is 0 Å². The molecule has 0 radical (unpaired) electrons. The summed E-state index contributed by atoms with van der Waals surface area (Å²) >= 11 is 0. The Morgan fingerprint density at radius 1 is 1.17 bits per heavy atom. The van der Waals surface area contributed by atoms with Crippen LogP contribution >= 0.6 is 0 Å². The Labute approximate surface area is 142 Å². The molecule has 2 N–H and O–H groups in total. The number of hydrogen-bond donors (Lipinski definition) is 2. The van der Waals surface area contributed by atoms with E-state index in [0.29, 0.717) is 5.56 Å². The van der Waals surface area contributed by atoms with Crippen LogP contribution in [0.5, 0.6) is 0 Å². The van der Waals surface area contributed by atoms with Gasteiger partial charge in [-0.3, -0.25) is 9.78 Å². The van der Waals surface area contributed by atoms with E-state index in [1.165, 1.54) is 0 Å². The Morgan fingerprint density at radius 2 is 1.79 bits per heavy atom. The van der Waals surface area contributed by atoms with E-state index in [2.05, 4.69) is 15.2 Å². The number of carbonyl (C=O) groups excluding carboxylic acids is 1. The van der Waals surface area contributed by atoms with E-state index in [1.54, 1.807) is 12.4 Å². The van der Waals surface area contributed by atoms with Crippen LogP contribution in [0.1, 0.15) is 41.7 Å². The van der Waals surface area contributed by atoms with Gasteiger partial charge in [-0.15, -0.1) is 0 Å². The monoisotopic (exact) mass is 325 g/mol. The lowest BCUT2D eigenvalue weighted by Gasteiger charge is -2.31. The third-order valence-corrected chi connectivity index (χ3v) is 4.51. The number of benzene rings is 1. The fourth-order valence-electron chi connectivity index (χ4n) is 2.96. The number of aliphatic hydroxyl groups is 1. The average molecular weight is 325 g/mol. The van der Waals surface area contributed by atoms with Crippen LogP contribution in [0.2, 0.25) is 0 Å². The molecule has 0 bridgehead atoms. The molecule has 1 aliphatic rings. The van der Waals surface area contributed by atoms with Crippen LogP contribution in [0.15, 0.2) is 48.8 Å². The summed E-state index contributed by atoms with van der Waals surface area (Å²) in [6.07, 6.45) is 4.86. The molecule has 3 rings (SSSR count). The van der Waals surface area contributed by atoms with Gasteiger partial charge in [-0.25, -0.2) is 0 Å². The minimum Gasteiger partial charge on any atom is -0.393 e. The highest BCUT2D eigenvalue weighted by molar-refractivity contribution is 5.94. The molecule has 1 aromatic heterocycles. The van der Waals surface area contributed by atoms with Crippen molar-refractivity contribution in [2.45, 2.75) is 31.9 Å². The van der Waals surface area contributed by atoms with Crippen LogP contribution in [0.4, 0.5) is 5.69 Å². The van der Waals surface area contributed by atoms with Gasteiger partial charge in [0.15, 0.2) is 0 Å². The van der Waals surface area contributed by atoms with Crippen molar-refractivity contribution in [2.75, 3.05) is 18.0 Å². The van der Waals surface area contributed by atoms with E-state index >= 15 is 0 Å². The number of pyridine rings is 1. The largest absolute Gasteiger partial charge is 0.393 e. The summed E-state index contributed by atoms with van der Waals surface area (Å²) in [6.45, 7) is 3.66. The Kier molecular flexibility index (Phi) is 5.11. The van der Waals surface area contributed by atoms with Crippen molar-refractivity contribution < 1.29 is 9.90 Å². The molecule has 1 amide bonds. The summed E-state index contributed by atoms with van der Waals surface area (Å²) in [5, 5.41) is 12.6. The van der Waals surface area contributed by atoms with Crippen molar-refractivity contribution in [3.8, 4) is 0 Å². The van der Waals surface area contributed by atoms with Gasteiger partial charge in [0.2, 0.25) is 0 Å². The number of aliphatic hydroxyl groups excluding tert-OH is 1. The van der Waals surface area contributed by atoms with Crippen molar-refractivity contribution >= 4 is 11.6 Å². The lowest BCUT2D eigenvalue weighted by Crippen LogP contribution is -2.35. The topological polar surface area (TPSA) is 65.5 Å². The molecule has 5 nitrogen and oxygen atoms in total. The minimum atomic E-state index is -0.180. The lowest BCUT2D eigenvalue weighted by atomic mass is 10.1. The molecule has 126 valence electrons. The van der Waals surface area contributed by atoms with E-state index in [1.807, 2.05) is 43.3 Å². The number of piperidine rings is 1. The van der Waals surface area contributed by atoms with Crippen LogP contribution in [-0.4, -0.2) is 35.2 Å². The number of aromatic nitrogens is 1. The van der Waals surface area contributed by atoms with Crippen molar-refractivity contribution in [3.63, 3.8) is 0 Å². The summed E-state index contributed by atoms with van der Waals surface area (Å²) in [4.78, 5) is 18.6. The zero-order chi connectivity index (χ0) is 16.9. The van der Waals surface area contributed by atoms with E-state index < -0.39 is 0 Å². The van der Waals surface area contributed by atoms with Crippen molar-refractivity contribution in [1.29, 1.82) is 0 Å². The van der Waals surface area contributed by atoms with E-state index in [0.717, 1.165) is 37.2 Å². The predicted molar refractivity (Wildman–Crippen MR) is 94.0 cm³/mol. The second-order valence-electron chi connectivity index (χ2n) is 6.24. The van der Waals surface area contributed by atoms with Crippen molar-refractivity contribution in [2.24, 2.45) is 0 Å². The van der Waals surface area contributed by atoms with Gasteiger partial charge in [0, 0.05) is 36.7 Å². The summed E-state index contributed by atoms with van der Waals surface area (Å²) in [6, 6.07) is 11.4. The SMILES string of the molecule is CC(NC(=O)c1ccc(N2CCC(O)CC2)cc1)c1ccncc1. The van der Waals surface area contributed by atoms with Crippen LogP contribution in [0.25, 0.3) is 0 Å². The van der Waals surface area contributed by atoms with Crippen LogP contribution in [-0.2, 0) is 0 Å². The smallest absolute Gasteiger partial charge is 0.251 e. The van der Waals surface area contributed by atoms with Gasteiger partial charge in [0.05, 0.1) is 12.1 Å². The second kappa shape index (κ2) is 7.45. The highest BCUT2D eigenvalue weighted by Crippen LogP contribution is 2.21. The van der Waals surface area contributed by atoms with Crippen LogP contribution < -0.4 is 10.2 Å². The Morgan fingerprint density at radius 3 is 2.42 bits per heavy atom.